The number of pyridine rings is 1. The Morgan fingerprint density at radius 1 is 1.12 bits per heavy atom. The summed E-state index contributed by atoms with van der Waals surface area (Å²) in [5.74, 6) is -0.869. The predicted octanol–water partition coefficient (Wildman–Crippen LogP) is 3.98. The monoisotopic (exact) mass is 335 g/mol. The third kappa shape index (κ3) is 3.55. The summed E-state index contributed by atoms with van der Waals surface area (Å²) in [6.07, 6.45) is -0.0677. The average molecular weight is 335 g/mol. The number of carboxylic acids is 1. The van der Waals surface area contributed by atoms with Gasteiger partial charge >= 0.3 is 5.97 Å². The van der Waals surface area contributed by atoms with Gasteiger partial charge in [-0.2, -0.15) is 0 Å². The molecule has 0 atom stereocenters. The molecule has 2 N–H and O–H groups in total. The third-order valence-electron chi connectivity index (χ3n) is 4.18. The predicted molar refractivity (Wildman–Crippen MR) is 102 cm³/mol. The standard InChI is InChI=1S/C20H21N3O2/c1-13-17(12-19(24)25)20(16-6-4-5-7-18(16)21-13)22-14-8-10-15(11-9-14)23(2)3/h4-11H,12H2,1-3H3,(H,21,22)(H,24,25). The van der Waals surface area contributed by atoms with Crippen molar-refractivity contribution in [3.8, 4) is 0 Å². The second-order valence-electron chi connectivity index (χ2n) is 6.20. The van der Waals surface area contributed by atoms with Crippen LogP contribution in [0.25, 0.3) is 10.9 Å². The van der Waals surface area contributed by atoms with E-state index in [1.807, 2.05) is 74.4 Å². The molecule has 0 bridgehead atoms. The Balaban J connectivity index is 2.10. The van der Waals surface area contributed by atoms with E-state index in [1.165, 1.54) is 0 Å². The highest BCUT2D eigenvalue weighted by Gasteiger charge is 2.15. The van der Waals surface area contributed by atoms with Gasteiger partial charge in [-0.1, -0.05) is 18.2 Å². The van der Waals surface area contributed by atoms with Crippen LogP contribution >= 0.6 is 0 Å². The minimum Gasteiger partial charge on any atom is -0.481 e. The van der Waals surface area contributed by atoms with Crippen LogP contribution < -0.4 is 10.2 Å². The molecule has 0 fully saturated rings. The molecule has 0 spiro atoms. The third-order valence-corrected chi connectivity index (χ3v) is 4.18. The van der Waals surface area contributed by atoms with Crippen molar-refractivity contribution in [1.29, 1.82) is 0 Å². The fourth-order valence-electron chi connectivity index (χ4n) is 2.87. The molecule has 128 valence electrons. The molecular formula is C20H21N3O2. The zero-order valence-corrected chi connectivity index (χ0v) is 14.6. The average Bonchev–Trinajstić information content (AvgIpc) is 2.58. The van der Waals surface area contributed by atoms with Crippen LogP contribution in [0.1, 0.15) is 11.3 Å². The van der Waals surface area contributed by atoms with Crippen LogP contribution in [-0.4, -0.2) is 30.2 Å². The molecule has 25 heavy (non-hydrogen) atoms. The summed E-state index contributed by atoms with van der Waals surface area (Å²) in [6.45, 7) is 1.85. The number of rotatable bonds is 5. The highest BCUT2D eigenvalue weighted by atomic mass is 16.4. The molecule has 0 aliphatic carbocycles. The Labute approximate surface area is 146 Å². The molecule has 2 aromatic carbocycles. The molecule has 0 amide bonds. The second-order valence-corrected chi connectivity index (χ2v) is 6.20. The van der Waals surface area contributed by atoms with E-state index in [1.54, 1.807) is 0 Å². The van der Waals surface area contributed by atoms with Gasteiger partial charge in [0, 0.05) is 42.1 Å². The molecule has 5 nitrogen and oxygen atoms in total. The molecule has 0 saturated heterocycles. The molecule has 0 unspecified atom stereocenters. The van der Waals surface area contributed by atoms with Gasteiger partial charge in [0.25, 0.3) is 0 Å². The Kier molecular flexibility index (Phi) is 4.57. The largest absolute Gasteiger partial charge is 0.481 e. The number of nitrogens with one attached hydrogen (secondary N) is 1. The van der Waals surface area contributed by atoms with Crippen molar-refractivity contribution >= 4 is 33.9 Å². The van der Waals surface area contributed by atoms with Gasteiger partial charge in [0.05, 0.1) is 17.6 Å². The first kappa shape index (κ1) is 16.8. The van der Waals surface area contributed by atoms with Crippen molar-refractivity contribution in [2.75, 3.05) is 24.3 Å². The lowest BCUT2D eigenvalue weighted by atomic mass is 10.0. The number of anilines is 3. The van der Waals surface area contributed by atoms with E-state index in [9.17, 15) is 9.90 Å². The summed E-state index contributed by atoms with van der Waals surface area (Å²) in [5.41, 5.74) is 5.11. The van der Waals surface area contributed by atoms with Gasteiger partial charge < -0.3 is 15.3 Å². The minimum atomic E-state index is -0.869. The maximum absolute atomic E-state index is 11.3. The van der Waals surface area contributed by atoms with E-state index in [0.717, 1.165) is 33.7 Å². The fraction of sp³-hybridized carbons (Fsp3) is 0.200. The van der Waals surface area contributed by atoms with E-state index < -0.39 is 5.97 Å². The number of aromatic nitrogens is 1. The Morgan fingerprint density at radius 2 is 1.80 bits per heavy atom. The SMILES string of the molecule is Cc1nc2ccccc2c(Nc2ccc(N(C)C)cc2)c1CC(=O)O. The molecule has 0 aliphatic rings. The summed E-state index contributed by atoms with van der Waals surface area (Å²) >= 11 is 0. The van der Waals surface area contributed by atoms with Crippen LogP contribution in [-0.2, 0) is 11.2 Å². The van der Waals surface area contributed by atoms with E-state index in [0.29, 0.717) is 5.56 Å². The van der Waals surface area contributed by atoms with E-state index in [2.05, 4.69) is 10.3 Å². The zero-order valence-electron chi connectivity index (χ0n) is 14.6. The van der Waals surface area contributed by atoms with E-state index in [-0.39, 0.29) is 6.42 Å². The summed E-state index contributed by atoms with van der Waals surface area (Å²) in [5, 5.41) is 13.6. The maximum atomic E-state index is 11.3. The van der Waals surface area contributed by atoms with Gasteiger partial charge in [-0.05, 0) is 37.3 Å². The van der Waals surface area contributed by atoms with Gasteiger partial charge in [-0.3, -0.25) is 9.78 Å². The number of aryl methyl sites for hydroxylation is 1. The van der Waals surface area contributed by atoms with E-state index >= 15 is 0 Å². The lowest BCUT2D eigenvalue weighted by Gasteiger charge is -2.17. The maximum Gasteiger partial charge on any atom is 0.307 e. The lowest BCUT2D eigenvalue weighted by Crippen LogP contribution is -2.09. The van der Waals surface area contributed by atoms with Crippen LogP contribution in [0.4, 0.5) is 17.1 Å². The quantitative estimate of drug-likeness (QED) is 0.738. The molecule has 5 heteroatoms. The Hall–Kier alpha value is -3.08. The van der Waals surface area contributed by atoms with Gasteiger partial charge in [-0.15, -0.1) is 0 Å². The normalized spacial score (nSPS) is 10.7. The van der Waals surface area contributed by atoms with Gasteiger partial charge in [0.15, 0.2) is 0 Å². The molecule has 0 aliphatic heterocycles. The Bertz CT molecular complexity index is 918. The molecule has 3 aromatic rings. The number of carboxylic acid groups (broad SMARTS) is 1. The molecule has 1 heterocycles. The zero-order chi connectivity index (χ0) is 18.0. The Morgan fingerprint density at radius 3 is 2.44 bits per heavy atom. The summed E-state index contributed by atoms with van der Waals surface area (Å²) in [4.78, 5) is 17.9. The molecule has 1 aromatic heterocycles. The van der Waals surface area contributed by atoms with Crippen molar-refractivity contribution in [2.24, 2.45) is 0 Å². The van der Waals surface area contributed by atoms with Crippen LogP contribution in [0.5, 0.6) is 0 Å². The van der Waals surface area contributed by atoms with Crippen LogP contribution in [0.15, 0.2) is 48.5 Å². The van der Waals surface area contributed by atoms with Crippen molar-refractivity contribution in [3.63, 3.8) is 0 Å². The number of benzene rings is 2. The first-order chi connectivity index (χ1) is 12.0. The van der Waals surface area contributed by atoms with Gasteiger partial charge in [-0.25, -0.2) is 0 Å². The summed E-state index contributed by atoms with van der Waals surface area (Å²) in [6, 6.07) is 15.8. The first-order valence-electron chi connectivity index (χ1n) is 8.10. The number of carbonyl (C=O) groups is 1. The minimum absolute atomic E-state index is 0.0677. The summed E-state index contributed by atoms with van der Waals surface area (Å²) < 4.78 is 0. The fourth-order valence-corrected chi connectivity index (χ4v) is 2.87. The highest BCUT2D eigenvalue weighted by molar-refractivity contribution is 5.96. The molecule has 0 radical (unpaired) electrons. The van der Waals surface area contributed by atoms with Gasteiger partial charge in [0.1, 0.15) is 0 Å². The van der Waals surface area contributed by atoms with Crippen LogP contribution in [0.3, 0.4) is 0 Å². The lowest BCUT2D eigenvalue weighted by molar-refractivity contribution is -0.136. The number of nitrogens with zero attached hydrogens (tertiary/aromatic N) is 2. The van der Waals surface area contributed by atoms with Crippen LogP contribution in [0, 0.1) is 6.92 Å². The number of aliphatic carboxylic acids is 1. The van der Waals surface area contributed by atoms with Crippen molar-refractivity contribution in [2.45, 2.75) is 13.3 Å². The van der Waals surface area contributed by atoms with Crippen molar-refractivity contribution in [1.82, 2.24) is 4.98 Å². The number of hydrogen-bond acceptors (Lipinski definition) is 4. The second kappa shape index (κ2) is 6.81. The highest BCUT2D eigenvalue weighted by Crippen LogP contribution is 2.32. The number of fused-ring (bicyclic) bond motifs is 1. The topological polar surface area (TPSA) is 65.5 Å². The van der Waals surface area contributed by atoms with Crippen molar-refractivity contribution < 1.29 is 9.90 Å². The summed E-state index contributed by atoms with van der Waals surface area (Å²) in [7, 11) is 3.99. The number of para-hydroxylation sites is 1. The smallest absolute Gasteiger partial charge is 0.307 e. The van der Waals surface area contributed by atoms with Crippen LogP contribution in [0.2, 0.25) is 0 Å². The van der Waals surface area contributed by atoms with E-state index in [4.69, 9.17) is 0 Å². The molecule has 0 saturated carbocycles. The first-order valence-corrected chi connectivity index (χ1v) is 8.10. The molecular weight excluding hydrogens is 314 g/mol. The van der Waals surface area contributed by atoms with Crippen molar-refractivity contribution in [3.05, 3.63) is 59.8 Å². The molecule has 3 rings (SSSR count). The number of hydrogen-bond donors (Lipinski definition) is 2. The van der Waals surface area contributed by atoms with Gasteiger partial charge in [0.2, 0.25) is 0 Å².